The Morgan fingerprint density at radius 2 is 0.690 bits per heavy atom. The van der Waals surface area contributed by atoms with Crippen molar-refractivity contribution in [3.8, 4) is 0 Å². The second kappa shape index (κ2) is 12.9. The Labute approximate surface area is 249 Å². The Morgan fingerprint density at radius 3 is 0.931 bits per heavy atom. The van der Waals surface area contributed by atoms with E-state index >= 15 is 0 Å². The van der Waals surface area contributed by atoms with Crippen molar-refractivity contribution in [1.29, 1.82) is 0 Å². The van der Waals surface area contributed by atoms with Crippen molar-refractivity contribution >= 4 is 142 Å². The van der Waals surface area contributed by atoms with E-state index in [2.05, 4.69) is 44.2 Å². The number of halogens is 4. The number of nitrogens with one attached hydrogen (secondary N) is 2. The molecule has 3 aromatic rings. The third-order valence-corrected chi connectivity index (χ3v) is 4.04. The van der Waals surface area contributed by atoms with Gasteiger partial charge in [-0.3, -0.25) is 0 Å². The fourth-order valence-corrected chi connectivity index (χ4v) is 2.94. The minimum Gasteiger partial charge on any atom is -0.355 e. The van der Waals surface area contributed by atoms with Crippen LogP contribution in [-0.4, -0.2) is 19.9 Å². The Morgan fingerprint density at radius 1 is 0.448 bits per heavy atom. The van der Waals surface area contributed by atoms with Crippen LogP contribution in [0, 0.1) is 0 Å². The number of nitrogens with zero attached hydrogens (tertiary/aromatic N) is 2. The first-order valence-corrected chi connectivity index (χ1v) is 7.85. The van der Waals surface area contributed by atoms with Gasteiger partial charge in [0.2, 0.25) is 0 Å². The van der Waals surface area contributed by atoms with Crippen molar-refractivity contribution in [3.63, 3.8) is 0 Å². The molecule has 8 bridgehead atoms. The molecule has 0 saturated carbocycles. The third-order valence-electron chi connectivity index (χ3n) is 4.04. The average Bonchev–Trinajstić information content (AvgIpc) is 3.32. The smallest absolute Gasteiger partial charge is 0.0658 e. The molecule has 9 heteroatoms. The quantitative estimate of drug-likeness (QED) is 0.129. The van der Waals surface area contributed by atoms with Crippen LogP contribution in [0.15, 0.2) is 48.5 Å². The molecule has 0 aromatic carbocycles. The topological polar surface area (TPSA) is 57.4 Å². The van der Waals surface area contributed by atoms with Gasteiger partial charge >= 0.3 is 0 Å². The van der Waals surface area contributed by atoms with Gasteiger partial charge in [0.1, 0.15) is 0 Å². The fourth-order valence-electron chi connectivity index (χ4n) is 2.94. The Balaban J connectivity index is 0.00000157. The summed E-state index contributed by atoms with van der Waals surface area (Å²) in [6.07, 6.45) is 8.09. The van der Waals surface area contributed by atoms with Gasteiger partial charge in [-0.1, -0.05) is 0 Å². The summed E-state index contributed by atoms with van der Waals surface area (Å²) in [6, 6.07) is 16.4. The second-order valence-corrected chi connectivity index (χ2v) is 5.91. The van der Waals surface area contributed by atoms with Crippen LogP contribution in [0.3, 0.4) is 0 Å². The Kier molecular flexibility index (Phi) is 12.9. The van der Waals surface area contributed by atoms with Gasteiger partial charge in [0.15, 0.2) is 0 Å². The van der Waals surface area contributed by atoms with Crippen LogP contribution in [0.5, 0.6) is 0 Å². The largest absolute Gasteiger partial charge is 0.355 e. The van der Waals surface area contributed by atoms with Crippen molar-refractivity contribution in [2.24, 2.45) is 0 Å². The summed E-state index contributed by atoms with van der Waals surface area (Å²) in [5, 5.41) is 0. The Hall–Kier alpha value is 0.143. The number of aromatic amines is 2. The maximum absolute atomic E-state index is 4.63. The van der Waals surface area contributed by atoms with Crippen LogP contribution in [0.1, 0.15) is 22.8 Å². The SMILES string of the molecule is C1=Cc2cc3ccc(cc4nc(cc5ccc(cc1n2)[nH]5)C=C4)[nH]3.I.I.I.I.[Zn]. The number of hydrogen-bond donors (Lipinski definition) is 2. The van der Waals surface area contributed by atoms with Gasteiger partial charge in [0, 0.05) is 41.5 Å². The van der Waals surface area contributed by atoms with E-state index in [0.29, 0.717) is 0 Å². The van der Waals surface area contributed by atoms with Crippen LogP contribution in [0.4, 0.5) is 0 Å². The van der Waals surface area contributed by atoms with Gasteiger partial charge in [-0.25, -0.2) is 9.97 Å². The van der Waals surface area contributed by atoms with Gasteiger partial charge in [0.25, 0.3) is 0 Å². The number of H-pyrrole nitrogens is 2. The zero-order valence-corrected chi connectivity index (χ0v) is 27.5. The average molecular weight is 887 g/mol. The van der Waals surface area contributed by atoms with E-state index in [0.717, 1.165) is 44.8 Å². The van der Waals surface area contributed by atoms with E-state index in [9.17, 15) is 0 Å². The van der Waals surface area contributed by atoms with E-state index in [1.807, 2.05) is 48.6 Å². The van der Waals surface area contributed by atoms with Crippen LogP contribution in [-0.2, 0) is 19.5 Å². The van der Waals surface area contributed by atoms with E-state index in [1.165, 1.54) is 0 Å². The summed E-state index contributed by atoms with van der Waals surface area (Å²) in [4.78, 5) is 16.0. The normalized spacial score (nSPS) is 10.5. The molecule has 4 nitrogen and oxygen atoms in total. The summed E-state index contributed by atoms with van der Waals surface area (Å²) in [6.45, 7) is 0. The first kappa shape index (κ1) is 29.1. The molecular formula is C20H18I4N4Zn. The molecule has 0 radical (unpaired) electrons. The van der Waals surface area contributed by atoms with Crippen molar-refractivity contribution in [2.45, 2.75) is 0 Å². The van der Waals surface area contributed by atoms with Crippen molar-refractivity contribution in [1.82, 2.24) is 19.9 Å². The van der Waals surface area contributed by atoms with E-state index in [4.69, 9.17) is 0 Å². The number of rotatable bonds is 0. The predicted molar refractivity (Wildman–Crippen MR) is 161 cm³/mol. The molecule has 148 valence electrons. The van der Waals surface area contributed by atoms with E-state index < -0.39 is 0 Å². The van der Waals surface area contributed by atoms with E-state index in [1.54, 1.807) is 0 Å². The van der Waals surface area contributed by atoms with Gasteiger partial charge in [-0.15, -0.1) is 95.9 Å². The van der Waals surface area contributed by atoms with Crippen LogP contribution < -0.4 is 0 Å². The van der Waals surface area contributed by atoms with Crippen LogP contribution in [0.25, 0.3) is 46.4 Å². The minimum atomic E-state index is 0. The summed E-state index contributed by atoms with van der Waals surface area (Å²) >= 11 is 0. The monoisotopic (exact) mass is 886 g/mol. The van der Waals surface area contributed by atoms with Gasteiger partial charge in [-0.05, 0) is 72.8 Å². The second-order valence-electron chi connectivity index (χ2n) is 5.91. The molecule has 2 N–H and O–H groups in total. The zero-order chi connectivity index (χ0) is 15.9. The molecular weight excluding hydrogens is 869 g/mol. The summed E-state index contributed by atoms with van der Waals surface area (Å²) < 4.78 is 0. The first-order chi connectivity index (χ1) is 11.8. The fraction of sp³-hybridized carbons (Fsp3) is 0. The minimum absolute atomic E-state index is 0. The first-order valence-electron chi connectivity index (χ1n) is 7.85. The molecule has 0 saturated heterocycles. The molecule has 5 rings (SSSR count). The zero-order valence-electron chi connectivity index (χ0n) is 15.2. The molecule has 2 aliphatic rings. The van der Waals surface area contributed by atoms with Gasteiger partial charge in [0.05, 0.1) is 22.8 Å². The number of hydrogen-bond acceptors (Lipinski definition) is 2. The number of fused-ring (bicyclic) bond motifs is 8. The van der Waals surface area contributed by atoms with Crippen LogP contribution in [0.2, 0.25) is 0 Å². The molecule has 2 aliphatic heterocycles. The summed E-state index contributed by atoms with van der Waals surface area (Å²) in [5.41, 5.74) is 7.86. The van der Waals surface area contributed by atoms with Gasteiger partial charge in [-0.2, -0.15) is 0 Å². The molecule has 0 aliphatic carbocycles. The van der Waals surface area contributed by atoms with Crippen molar-refractivity contribution < 1.29 is 19.5 Å². The van der Waals surface area contributed by atoms with Crippen LogP contribution >= 0.6 is 95.9 Å². The Bertz CT molecular complexity index is 1010. The molecule has 0 atom stereocenters. The maximum atomic E-state index is 4.63. The third kappa shape index (κ3) is 7.07. The molecule has 0 amide bonds. The molecule has 0 fully saturated rings. The number of aromatic nitrogens is 4. The standard InChI is InChI=1S/C20H14N4.4HI.Zn/c1-2-14-10-16-5-6-18(23-16)12-20-8-7-19(24-20)11-17-4-3-15(22-17)9-13(1)21-14;;;;;/h1-12,21,24H;4*1H;. The predicted octanol–water partition coefficient (Wildman–Crippen LogP) is 7.13. The molecule has 0 unspecified atom stereocenters. The van der Waals surface area contributed by atoms with Crippen molar-refractivity contribution in [3.05, 3.63) is 71.3 Å². The molecule has 5 heterocycles. The van der Waals surface area contributed by atoms with Gasteiger partial charge < -0.3 is 9.97 Å². The molecule has 29 heavy (non-hydrogen) atoms. The van der Waals surface area contributed by atoms with Crippen molar-refractivity contribution in [2.75, 3.05) is 0 Å². The maximum Gasteiger partial charge on any atom is 0.0658 e. The summed E-state index contributed by atoms with van der Waals surface area (Å²) in [7, 11) is 0. The molecule has 3 aromatic heterocycles. The molecule has 0 spiro atoms. The van der Waals surface area contributed by atoms with E-state index in [-0.39, 0.29) is 115 Å². The summed E-state index contributed by atoms with van der Waals surface area (Å²) in [5.74, 6) is 0.